The largest absolute Gasteiger partial charge is 0.378 e. The molecule has 0 amide bonds. The Morgan fingerprint density at radius 1 is 1.17 bits per heavy atom. The number of H-pyrrole nitrogens is 1. The molecule has 0 bridgehead atoms. The topological polar surface area (TPSA) is 108 Å². The molecule has 0 saturated carbocycles. The van der Waals surface area contributed by atoms with Crippen LogP contribution in [0.2, 0.25) is 5.28 Å². The van der Waals surface area contributed by atoms with E-state index in [4.69, 9.17) is 21.3 Å². The maximum absolute atomic E-state index is 11.8. The standard InChI is InChI=1S/C17H26ClN7O3S/c1-23(29(2,26)27)12-3-5-24(6-4-12)11-13-19-14-15(20-13)21-17(18)22-16(14)25-7-9-28-10-8-25/h12H,3-11H2,1-2H3,(H,19,20,21,22). The van der Waals surface area contributed by atoms with E-state index >= 15 is 0 Å². The van der Waals surface area contributed by atoms with Gasteiger partial charge in [-0.25, -0.2) is 17.7 Å². The smallest absolute Gasteiger partial charge is 0.226 e. The predicted molar refractivity (Wildman–Crippen MR) is 111 cm³/mol. The number of rotatable bonds is 5. The number of aromatic nitrogens is 4. The van der Waals surface area contributed by atoms with Gasteiger partial charge in [0.05, 0.1) is 26.0 Å². The highest BCUT2D eigenvalue weighted by Crippen LogP contribution is 2.25. The summed E-state index contributed by atoms with van der Waals surface area (Å²) in [6.45, 7) is 5.05. The third-order valence-corrected chi connectivity index (χ3v) is 7.14. The molecule has 0 unspecified atom stereocenters. The number of nitrogens with zero attached hydrogens (tertiary/aromatic N) is 6. The minimum absolute atomic E-state index is 0.0505. The molecule has 0 atom stereocenters. The minimum atomic E-state index is -3.16. The van der Waals surface area contributed by atoms with Crippen molar-refractivity contribution in [2.24, 2.45) is 0 Å². The van der Waals surface area contributed by atoms with Crippen LogP contribution < -0.4 is 4.90 Å². The van der Waals surface area contributed by atoms with Crippen LogP contribution in [0.1, 0.15) is 18.7 Å². The van der Waals surface area contributed by atoms with Crippen LogP contribution in [-0.4, -0.2) is 96.3 Å². The third-order valence-electron chi connectivity index (χ3n) is 5.63. The molecule has 2 aromatic heterocycles. The summed E-state index contributed by atoms with van der Waals surface area (Å²) in [6, 6.07) is 0.0505. The Bertz CT molecular complexity index is 969. The molecule has 1 N–H and O–H groups in total. The van der Waals surface area contributed by atoms with Crippen LogP contribution in [0, 0.1) is 0 Å². The normalized spacial score (nSPS) is 20.1. The number of anilines is 1. The molecule has 29 heavy (non-hydrogen) atoms. The summed E-state index contributed by atoms with van der Waals surface area (Å²) in [4.78, 5) is 21.1. The van der Waals surface area contributed by atoms with Gasteiger partial charge in [-0.1, -0.05) is 0 Å². The van der Waals surface area contributed by atoms with Gasteiger partial charge in [-0.2, -0.15) is 9.97 Å². The lowest BCUT2D eigenvalue weighted by Gasteiger charge is -2.35. The number of nitrogens with one attached hydrogen (secondary N) is 1. The maximum atomic E-state index is 11.8. The molecule has 2 fully saturated rings. The summed E-state index contributed by atoms with van der Waals surface area (Å²) in [5.41, 5.74) is 1.35. The van der Waals surface area contributed by atoms with E-state index in [2.05, 4.69) is 24.8 Å². The Morgan fingerprint density at radius 2 is 1.86 bits per heavy atom. The molecule has 0 spiro atoms. The second kappa shape index (κ2) is 8.31. The molecule has 4 rings (SSSR count). The number of fused-ring (bicyclic) bond motifs is 1. The van der Waals surface area contributed by atoms with Crippen molar-refractivity contribution in [3.8, 4) is 0 Å². The predicted octanol–water partition coefficient (Wildman–Crippen LogP) is 0.699. The highest BCUT2D eigenvalue weighted by Gasteiger charge is 2.28. The van der Waals surface area contributed by atoms with Crippen molar-refractivity contribution in [2.45, 2.75) is 25.4 Å². The molecule has 2 aliphatic rings. The Labute approximate surface area is 175 Å². The highest BCUT2D eigenvalue weighted by molar-refractivity contribution is 7.88. The molecule has 2 aliphatic heterocycles. The Kier molecular flexibility index (Phi) is 5.94. The number of imidazole rings is 1. The average Bonchev–Trinajstić information content (AvgIpc) is 3.09. The Hall–Kier alpha value is -1.53. The Balaban J connectivity index is 1.47. The van der Waals surface area contributed by atoms with Crippen LogP contribution in [0.5, 0.6) is 0 Å². The molecule has 4 heterocycles. The number of ether oxygens (including phenoxy) is 1. The fraction of sp³-hybridized carbons (Fsp3) is 0.706. The molecule has 160 valence electrons. The summed E-state index contributed by atoms with van der Waals surface area (Å²) < 4.78 is 30.4. The zero-order chi connectivity index (χ0) is 20.6. The third kappa shape index (κ3) is 4.64. The zero-order valence-electron chi connectivity index (χ0n) is 16.6. The zero-order valence-corrected chi connectivity index (χ0v) is 18.2. The fourth-order valence-corrected chi connectivity index (χ4v) is 4.82. The van der Waals surface area contributed by atoms with Gasteiger partial charge in [-0.3, -0.25) is 4.90 Å². The lowest BCUT2D eigenvalue weighted by Crippen LogP contribution is -2.45. The van der Waals surface area contributed by atoms with E-state index in [1.54, 1.807) is 7.05 Å². The first-order chi connectivity index (χ1) is 13.8. The summed E-state index contributed by atoms with van der Waals surface area (Å²) in [5.74, 6) is 1.54. The summed E-state index contributed by atoms with van der Waals surface area (Å²) >= 11 is 6.13. The SMILES string of the molecule is CN(C1CCN(Cc2nc3c(N4CCOCC4)nc(Cl)nc3[nH]2)CC1)S(C)(=O)=O. The van der Waals surface area contributed by atoms with E-state index in [9.17, 15) is 8.42 Å². The number of hydrogen-bond acceptors (Lipinski definition) is 8. The number of morpholine rings is 1. The maximum Gasteiger partial charge on any atom is 0.226 e. The second-order valence-corrected chi connectivity index (χ2v) is 9.96. The van der Waals surface area contributed by atoms with Gasteiger partial charge in [-0.15, -0.1) is 0 Å². The lowest BCUT2D eigenvalue weighted by molar-refractivity contribution is 0.122. The number of piperidine rings is 1. The first-order valence-corrected chi connectivity index (χ1v) is 11.9. The van der Waals surface area contributed by atoms with Gasteiger partial charge in [0, 0.05) is 39.3 Å². The molecule has 0 radical (unpaired) electrons. The molecule has 0 aromatic carbocycles. The second-order valence-electron chi connectivity index (χ2n) is 7.58. The van der Waals surface area contributed by atoms with Gasteiger partial charge < -0.3 is 14.6 Å². The summed E-state index contributed by atoms with van der Waals surface area (Å²) in [7, 11) is -1.50. The molecule has 0 aliphatic carbocycles. The first-order valence-electron chi connectivity index (χ1n) is 9.71. The van der Waals surface area contributed by atoms with Crippen LogP contribution in [-0.2, 0) is 21.3 Å². The van der Waals surface area contributed by atoms with Gasteiger partial charge in [0.1, 0.15) is 5.82 Å². The van der Waals surface area contributed by atoms with E-state index in [-0.39, 0.29) is 11.3 Å². The molecule has 2 aromatic rings. The number of likely N-dealkylation sites (tertiary alicyclic amines) is 1. The van der Waals surface area contributed by atoms with Crippen molar-refractivity contribution in [2.75, 3.05) is 57.6 Å². The van der Waals surface area contributed by atoms with E-state index < -0.39 is 10.0 Å². The fourth-order valence-electron chi connectivity index (χ4n) is 3.90. The van der Waals surface area contributed by atoms with Crippen LogP contribution in [0.15, 0.2) is 0 Å². The van der Waals surface area contributed by atoms with Gasteiger partial charge in [-0.05, 0) is 24.4 Å². The van der Waals surface area contributed by atoms with Gasteiger partial charge >= 0.3 is 0 Å². The summed E-state index contributed by atoms with van der Waals surface area (Å²) in [6.07, 6.45) is 2.86. The molecule has 12 heteroatoms. The number of sulfonamides is 1. The van der Waals surface area contributed by atoms with Gasteiger partial charge in [0.25, 0.3) is 0 Å². The highest BCUT2D eigenvalue weighted by atomic mass is 35.5. The quantitative estimate of drug-likeness (QED) is 0.673. The van der Waals surface area contributed by atoms with Gasteiger partial charge in [0.15, 0.2) is 17.0 Å². The van der Waals surface area contributed by atoms with E-state index in [0.717, 1.165) is 56.2 Å². The number of halogens is 1. The lowest BCUT2D eigenvalue weighted by atomic mass is 10.1. The van der Waals surface area contributed by atoms with Crippen LogP contribution >= 0.6 is 11.6 Å². The summed E-state index contributed by atoms with van der Waals surface area (Å²) in [5, 5.41) is 0.193. The van der Waals surface area contributed by atoms with Crippen LogP contribution in [0.25, 0.3) is 11.2 Å². The van der Waals surface area contributed by atoms with Crippen molar-refractivity contribution in [3.63, 3.8) is 0 Å². The van der Waals surface area contributed by atoms with Crippen molar-refractivity contribution in [1.82, 2.24) is 29.1 Å². The van der Waals surface area contributed by atoms with Crippen LogP contribution in [0.3, 0.4) is 0 Å². The molecular weight excluding hydrogens is 418 g/mol. The Morgan fingerprint density at radius 3 is 2.52 bits per heavy atom. The van der Waals surface area contributed by atoms with Crippen LogP contribution in [0.4, 0.5) is 5.82 Å². The van der Waals surface area contributed by atoms with Gasteiger partial charge in [0.2, 0.25) is 15.3 Å². The first kappa shape index (κ1) is 20.7. The average molecular weight is 444 g/mol. The molecule has 10 nitrogen and oxygen atoms in total. The number of aromatic amines is 1. The van der Waals surface area contributed by atoms with Crippen molar-refractivity contribution < 1.29 is 13.2 Å². The number of hydrogen-bond donors (Lipinski definition) is 1. The van der Waals surface area contributed by atoms with E-state index in [0.29, 0.717) is 25.4 Å². The molecular formula is C17H26ClN7O3S. The monoisotopic (exact) mass is 443 g/mol. The van der Waals surface area contributed by atoms with E-state index in [1.807, 2.05) is 0 Å². The van der Waals surface area contributed by atoms with E-state index in [1.165, 1.54) is 10.6 Å². The van der Waals surface area contributed by atoms with Crippen molar-refractivity contribution in [3.05, 3.63) is 11.1 Å². The van der Waals surface area contributed by atoms with Crippen molar-refractivity contribution in [1.29, 1.82) is 0 Å². The molecule has 2 saturated heterocycles. The van der Waals surface area contributed by atoms with Crippen molar-refractivity contribution >= 4 is 38.6 Å². The minimum Gasteiger partial charge on any atom is -0.378 e.